The minimum atomic E-state index is -4.29. The van der Waals surface area contributed by atoms with Crippen molar-refractivity contribution in [2.75, 3.05) is 6.61 Å². The highest BCUT2D eigenvalue weighted by Crippen LogP contribution is 2.32. The van der Waals surface area contributed by atoms with Gasteiger partial charge in [0.05, 0.1) is 11.7 Å². The Morgan fingerprint density at radius 3 is 2.35 bits per heavy atom. The molecule has 2 N–H and O–H groups in total. The largest absolute Gasteiger partial charge is 0.416 e. The number of hydrogen-bond donors (Lipinski definition) is 1. The normalized spacial score (nSPS) is 25.9. The van der Waals surface area contributed by atoms with Crippen molar-refractivity contribution in [3.63, 3.8) is 0 Å². The van der Waals surface area contributed by atoms with Crippen LogP contribution in [0.25, 0.3) is 0 Å². The molecule has 0 aliphatic carbocycles. The molecule has 1 heterocycles. The molecule has 0 aromatic heterocycles. The summed E-state index contributed by atoms with van der Waals surface area (Å²) in [6.07, 6.45) is -3.01. The molecule has 1 fully saturated rings. The molecular formula is C12H14F3NO. The SMILES string of the molecule is NC1CCOC(c2ccc(C(F)(F)F)cc2)C1. The van der Waals surface area contributed by atoms with Gasteiger partial charge in [-0.15, -0.1) is 0 Å². The zero-order chi connectivity index (χ0) is 12.5. The van der Waals surface area contributed by atoms with Crippen LogP contribution in [-0.4, -0.2) is 12.6 Å². The van der Waals surface area contributed by atoms with E-state index in [9.17, 15) is 13.2 Å². The van der Waals surface area contributed by atoms with Gasteiger partial charge in [-0.2, -0.15) is 13.2 Å². The summed E-state index contributed by atoms with van der Waals surface area (Å²) in [5, 5.41) is 0. The van der Waals surface area contributed by atoms with Crippen molar-refractivity contribution in [1.82, 2.24) is 0 Å². The Morgan fingerprint density at radius 1 is 1.18 bits per heavy atom. The minimum absolute atomic E-state index is 0.0658. The molecular weight excluding hydrogens is 231 g/mol. The first-order chi connectivity index (χ1) is 7.97. The second kappa shape index (κ2) is 4.66. The highest BCUT2D eigenvalue weighted by Gasteiger charge is 2.30. The van der Waals surface area contributed by atoms with Gasteiger partial charge in [-0.1, -0.05) is 12.1 Å². The first kappa shape index (κ1) is 12.4. The quantitative estimate of drug-likeness (QED) is 0.825. The third-order valence-corrected chi connectivity index (χ3v) is 2.93. The molecule has 2 nitrogen and oxygen atoms in total. The van der Waals surface area contributed by atoms with Gasteiger partial charge in [0.2, 0.25) is 0 Å². The number of ether oxygens (including phenoxy) is 1. The highest BCUT2D eigenvalue weighted by atomic mass is 19.4. The predicted octanol–water partition coefficient (Wildman–Crippen LogP) is 2.88. The minimum Gasteiger partial charge on any atom is -0.373 e. The summed E-state index contributed by atoms with van der Waals surface area (Å²) in [5.41, 5.74) is 5.92. The van der Waals surface area contributed by atoms with E-state index in [1.165, 1.54) is 12.1 Å². The maximum Gasteiger partial charge on any atom is 0.416 e. The second-order valence-corrected chi connectivity index (χ2v) is 4.26. The maximum absolute atomic E-state index is 12.4. The molecule has 1 aliphatic rings. The molecule has 1 aromatic carbocycles. The van der Waals surface area contributed by atoms with Gasteiger partial charge >= 0.3 is 6.18 Å². The predicted molar refractivity (Wildman–Crippen MR) is 57.3 cm³/mol. The van der Waals surface area contributed by atoms with Crippen molar-refractivity contribution >= 4 is 0 Å². The van der Waals surface area contributed by atoms with Gasteiger partial charge in [0.15, 0.2) is 0 Å². The van der Waals surface area contributed by atoms with Crippen LogP contribution in [0.3, 0.4) is 0 Å². The van der Waals surface area contributed by atoms with Crippen LogP contribution in [0.15, 0.2) is 24.3 Å². The summed E-state index contributed by atoms with van der Waals surface area (Å²) in [4.78, 5) is 0. The number of rotatable bonds is 1. The van der Waals surface area contributed by atoms with Crippen molar-refractivity contribution in [2.24, 2.45) is 5.73 Å². The van der Waals surface area contributed by atoms with E-state index < -0.39 is 11.7 Å². The number of nitrogens with two attached hydrogens (primary N) is 1. The van der Waals surface area contributed by atoms with Crippen LogP contribution in [0.2, 0.25) is 0 Å². The van der Waals surface area contributed by atoms with Crippen LogP contribution in [-0.2, 0) is 10.9 Å². The van der Waals surface area contributed by atoms with E-state index in [-0.39, 0.29) is 12.1 Å². The van der Waals surface area contributed by atoms with E-state index in [0.29, 0.717) is 13.0 Å². The van der Waals surface area contributed by atoms with Crippen LogP contribution in [0.1, 0.15) is 30.1 Å². The zero-order valence-corrected chi connectivity index (χ0v) is 9.20. The van der Waals surface area contributed by atoms with Crippen molar-refractivity contribution in [3.8, 4) is 0 Å². The Labute approximate surface area is 97.6 Å². The van der Waals surface area contributed by atoms with Gasteiger partial charge < -0.3 is 10.5 Å². The molecule has 94 valence electrons. The Balaban J connectivity index is 2.12. The van der Waals surface area contributed by atoms with E-state index in [1.54, 1.807) is 0 Å². The van der Waals surface area contributed by atoms with Crippen LogP contribution in [0.4, 0.5) is 13.2 Å². The Hall–Kier alpha value is -1.07. The van der Waals surface area contributed by atoms with Crippen molar-refractivity contribution in [2.45, 2.75) is 31.2 Å². The third kappa shape index (κ3) is 2.98. The molecule has 0 bridgehead atoms. The molecule has 1 aromatic rings. The molecule has 2 atom stereocenters. The number of benzene rings is 1. The van der Waals surface area contributed by atoms with Gasteiger partial charge in [-0.25, -0.2) is 0 Å². The molecule has 0 amide bonds. The first-order valence-electron chi connectivity index (χ1n) is 5.51. The standard InChI is InChI=1S/C12H14F3NO/c13-12(14,15)9-3-1-8(2-4-9)11-7-10(16)5-6-17-11/h1-4,10-11H,5-7,16H2. The lowest BCUT2D eigenvalue weighted by atomic mass is 9.97. The molecule has 1 saturated heterocycles. The van der Waals surface area contributed by atoms with Crippen molar-refractivity contribution in [3.05, 3.63) is 35.4 Å². The monoisotopic (exact) mass is 245 g/mol. The fraction of sp³-hybridized carbons (Fsp3) is 0.500. The average molecular weight is 245 g/mol. The molecule has 2 rings (SSSR count). The van der Waals surface area contributed by atoms with E-state index in [0.717, 1.165) is 24.1 Å². The lowest BCUT2D eigenvalue weighted by Gasteiger charge is -2.27. The lowest BCUT2D eigenvalue weighted by molar-refractivity contribution is -0.137. The van der Waals surface area contributed by atoms with Crippen LogP contribution >= 0.6 is 0 Å². The van der Waals surface area contributed by atoms with Crippen LogP contribution in [0.5, 0.6) is 0 Å². The molecule has 0 spiro atoms. The summed E-state index contributed by atoms with van der Waals surface area (Å²) in [6, 6.07) is 5.16. The van der Waals surface area contributed by atoms with Gasteiger partial charge in [0.25, 0.3) is 0 Å². The van der Waals surface area contributed by atoms with Gasteiger partial charge in [0.1, 0.15) is 0 Å². The molecule has 1 aliphatic heterocycles. The number of hydrogen-bond acceptors (Lipinski definition) is 2. The third-order valence-electron chi connectivity index (χ3n) is 2.93. The Kier molecular flexibility index (Phi) is 3.40. The Morgan fingerprint density at radius 2 is 1.82 bits per heavy atom. The van der Waals surface area contributed by atoms with E-state index in [4.69, 9.17) is 10.5 Å². The van der Waals surface area contributed by atoms with Gasteiger partial charge in [0, 0.05) is 12.6 Å². The summed E-state index contributed by atoms with van der Waals surface area (Å²) in [7, 11) is 0. The Bertz CT molecular complexity index is 374. The summed E-state index contributed by atoms with van der Waals surface area (Å²) in [5.74, 6) is 0. The fourth-order valence-corrected chi connectivity index (χ4v) is 1.94. The summed E-state index contributed by atoms with van der Waals surface area (Å²) >= 11 is 0. The highest BCUT2D eigenvalue weighted by molar-refractivity contribution is 5.26. The van der Waals surface area contributed by atoms with Gasteiger partial charge in [-0.05, 0) is 30.5 Å². The summed E-state index contributed by atoms with van der Waals surface area (Å²) in [6.45, 7) is 0.562. The van der Waals surface area contributed by atoms with Crippen LogP contribution in [0, 0.1) is 0 Å². The van der Waals surface area contributed by atoms with Crippen LogP contribution < -0.4 is 5.73 Å². The smallest absolute Gasteiger partial charge is 0.373 e. The lowest BCUT2D eigenvalue weighted by Crippen LogP contribution is -2.30. The first-order valence-corrected chi connectivity index (χ1v) is 5.51. The molecule has 2 unspecified atom stereocenters. The molecule has 0 radical (unpaired) electrons. The fourth-order valence-electron chi connectivity index (χ4n) is 1.94. The van der Waals surface area contributed by atoms with Crippen molar-refractivity contribution < 1.29 is 17.9 Å². The zero-order valence-electron chi connectivity index (χ0n) is 9.20. The van der Waals surface area contributed by atoms with E-state index in [2.05, 4.69) is 0 Å². The average Bonchev–Trinajstić information content (AvgIpc) is 2.28. The number of halogens is 3. The number of alkyl halides is 3. The maximum atomic E-state index is 12.4. The van der Waals surface area contributed by atoms with E-state index >= 15 is 0 Å². The molecule has 17 heavy (non-hydrogen) atoms. The molecule has 5 heteroatoms. The second-order valence-electron chi connectivity index (χ2n) is 4.26. The van der Waals surface area contributed by atoms with Crippen molar-refractivity contribution in [1.29, 1.82) is 0 Å². The van der Waals surface area contributed by atoms with Gasteiger partial charge in [-0.3, -0.25) is 0 Å². The summed E-state index contributed by atoms with van der Waals surface area (Å²) < 4.78 is 42.6. The van der Waals surface area contributed by atoms with E-state index in [1.807, 2.05) is 0 Å². The topological polar surface area (TPSA) is 35.2 Å². The molecule has 0 saturated carbocycles.